The highest BCUT2D eigenvalue weighted by molar-refractivity contribution is 7.14. The SMILES string of the molecule is C=C/C=C(\C(C)=C(/C)NC(=C)c1n[nH]c(=C/C)/c1=C\C(=C)c1cncc(N(C)C)c1)c1ccc(C(=C)C)s1. The fourth-order valence-corrected chi connectivity index (χ4v) is 4.88. The minimum atomic E-state index is 0.692. The lowest BCUT2D eigenvalue weighted by molar-refractivity contribution is 1.00. The van der Waals surface area contributed by atoms with Crippen molar-refractivity contribution in [1.29, 1.82) is 0 Å². The van der Waals surface area contributed by atoms with Crippen LogP contribution in [0.1, 0.15) is 48.7 Å². The fraction of sp³-hybridized carbons (Fsp3) is 0.188. The highest BCUT2D eigenvalue weighted by Gasteiger charge is 2.13. The topological polar surface area (TPSA) is 56.8 Å². The van der Waals surface area contributed by atoms with Crippen molar-refractivity contribution in [3.8, 4) is 0 Å². The molecule has 5 nitrogen and oxygen atoms in total. The van der Waals surface area contributed by atoms with Crippen LogP contribution in [-0.4, -0.2) is 29.3 Å². The van der Waals surface area contributed by atoms with E-state index < -0.39 is 0 Å². The first kappa shape index (κ1) is 28.4. The van der Waals surface area contributed by atoms with Gasteiger partial charge in [-0.05, 0) is 74.3 Å². The molecule has 0 amide bonds. The summed E-state index contributed by atoms with van der Waals surface area (Å²) in [6, 6.07) is 6.31. The largest absolute Gasteiger partial charge is 0.376 e. The summed E-state index contributed by atoms with van der Waals surface area (Å²) in [5.74, 6) is 0. The zero-order valence-electron chi connectivity index (χ0n) is 23.3. The van der Waals surface area contributed by atoms with E-state index >= 15 is 0 Å². The number of thiophene rings is 1. The van der Waals surface area contributed by atoms with Crippen LogP contribution < -0.4 is 20.8 Å². The number of anilines is 1. The van der Waals surface area contributed by atoms with Crippen LogP contribution in [0, 0.1) is 0 Å². The molecular formula is C32H37N5S. The van der Waals surface area contributed by atoms with Gasteiger partial charge in [-0.15, -0.1) is 11.3 Å². The summed E-state index contributed by atoms with van der Waals surface area (Å²) in [7, 11) is 3.99. The van der Waals surface area contributed by atoms with Crippen LogP contribution in [0.2, 0.25) is 0 Å². The van der Waals surface area contributed by atoms with Gasteiger partial charge < -0.3 is 10.2 Å². The Labute approximate surface area is 230 Å². The van der Waals surface area contributed by atoms with Gasteiger partial charge in [0.05, 0.1) is 22.9 Å². The van der Waals surface area contributed by atoms with Gasteiger partial charge in [0.1, 0.15) is 5.69 Å². The van der Waals surface area contributed by atoms with Crippen molar-refractivity contribution in [3.05, 3.63) is 112 Å². The smallest absolute Gasteiger partial charge is 0.116 e. The standard InChI is InChI=1S/C32H37N5S/c1-11-13-27(31-15-14-30(38-31)20(3)4)22(6)23(7)34-24(8)32-28(29(12-2)35-36-32)16-21(5)25-17-26(37(9)10)19-33-18-25/h11-19,34-35H,1,3,5,8H2,2,4,6-7,9-10H3/b23-22+,27-13+,28-16+,29-12+. The lowest BCUT2D eigenvalue weighted by atomic mass is 10.0. The zero-order chi connectivity index (χ0) is 28.0. The van der Waals surface area contributed by atoms with Crippen molar-refractivity contribution in [3.63, 3.8) is 0 Å². The molecule has 0 aliphatic carbocycles. The molecule has 3 aromatic heterocycles. The van der Waals surface area contributed by atoms with Crippen molar-refractivity contribution in [1.82, 2.24) is 20.5 Å². The summed E-state index contributed by atoms with van der Waals surface area (Å²) in [4.78, 5) is 8.73. The number of H-pyrrole nitrogens is 1. The monoisotopic (exact) mass is 523 g/mol. The molecule has 0 fully saturated rings. The number of allylic oxidation sites excluding steroid dienone is 7. The molecule has 3 rings (SSSR count). The molecule has 6 heteroatoms. The third-order valence-electron chi connectivity index (χ3n) is 6.22. The van der Waals surface area contributed by atoms with E-state index in [-0.39, 0.29) is 0 Å². The van der Waals surface area contributed by atoms with Gasteiger partial charge in [0.2, 0.25) is 0 Å². The fourth-order valence-electron chi connectivity index (χ4n) is 3.87. The van der Waals surface area contributed by atoms with Crippen molar-refractivity contribution in [2.75, 3.05) is 19.0 Å². The molecule has 2 N–H and O–H groups in total. The summed E-state index contributed by atoms with van der Waals surface area (Å²) >= 11 is 1.72. The van der Waals surface area contributed by atoms with Gasteiger partial charge in [-0.3, -0.25) is 10.1 Å². The molecule has 0 spiro atoms. The second-order valence-electron chi connectivity index (χ2n) is 9.30. The van der Waals surface area contributed by atoms with Gasteiger partial charge in [0, 0.05) is 46.5 Å². The Morgan fingerprint density at radius 2 is 1.79 bits per heavy atom. The van der Waals surface area contributed by atoms with E-state index in [9.17, 15) is 0 Å². The number of nitrogens with one attached hydrogen (secondary N) is 2. The van der Waals surface area contributed by atoms with Crippen LogP contribution in [0.15, 0.2) is 80.3 Å². The Morgan fingerprint density at radius 1 is 1.08 bits per heavy atom. The highest BCUT2D eigenvalue weighted by Crippen LogP contribution is 2.33. The third kappa shape index (κ3) is 6.39. The molecule has 0 atom stereocenters. The Hall–Kier alpha value is -4.16. The number of hydrogen-bond donors (Lipinski definition) is 2. The molecule has 0 aliphatic heterocycles. The van der Waals surface area contributed by atoms with Gasteiger partial charge >= 0.3 is 0 Å². The molecule has 0 saturated carbocycles. The van der Waals surface area contributed by atoms with Crippen LogP contribution in [0.4, 0.5) is 5.69 Å². The molecule has 0 aromatic carbocycles. The number of nitrogens with zero attached hydrogens (tertiary/aromatic N) is 3. The predicted octanol–water partition coefficient (Wildman–Crippen LogP) is 6.38. The maximum Gasteiger partial charge on any atom is 0.116 e. The van der Waals surface area contributed by atoms with Crippen LogP contribution in [0.3, 0.4) is 0 Å². The molecule has 0 unspecified atom stereocenters. The summed E-state index contributed by atoms with van der Waals surface area (Å²) in [6.45, 7) is 24.8. The Balaban J connectivity index is 1.98. The van der Waals surface area contributed by atoms with E-state index in [1.165, 1.54) is 4.88 Å². The van der Waals surface area contributed by atoms with Crippen molar-refractivity contribution < 1.29 is 0 Å². The first-order valence-electron chi connectivity index (χ1n) is 12.3. The number of pyridine rings is 1. The van der Waals surface area contributed by atoms with E-state index in [0.717, 1.165) is 60.4 Å². The molecule has 3 aromatic rings. The summed E-state index contributed by atoms with van der Waals surface area (Å²) < 4.78 is 0. The van der Waals surface area contributed by atoms with E-state index in [1.54, 1.807) is 11.3 Å². The van der Waals surface area contributed by atoms with E-state index in [2.05, 4.69) is 71.9 Å². The van der Waals surface area contributed by atoms with Crippen molar-refractivity contribution in [2.24, 2.45) is 0 Å². The zero-order valence-corrected chi connectivity index (χ0v) is 24.1. The molecule has 38 heavy (non-hydrogen) atoms. The molecular weight excluding hydrogens is 486 g/mol. The molecule has 0 bridgehead atoms. The molecule has 0 radical (unpaired) electrons. The van der Waals surface area contributed by atoms with Gasteiger partial charge in [0.15, 0.2) is 0 Å². The number of hydrogen-bond acceptors (Lipinski definition) is 5. The van der Waals surface area contributed by atoms with E-state index in [0.29, 0.717) is 5.70 Å². The maximum absolute atomic E-state index is 4.58. The van der Waals surface area contributed by atoms with Gasteiger partial charge in [0.25, 0.3) is 0 Å². The van der Waals surface area contributed by atoms with Gasteiger partial charge in [-0.25, -0.2) is 0 Å². The Bertz CT molecular complexity index is 1570. The Kier molecular flexibility index (Phi) is 9.26. The second-order valence-corrected chi connectivity index (χ2v) is 10.4. The minimum absolute atomic E-state index is 0.692. The lowest BCUT2D eigenvalue weighted by Gasteiger charge is -2.14. The van der Waals surface area contributed by atoms with Gasteiger partial charge in [-0.2, -0.15) is 5.10 Å². The third-order valence-corrected chi connectivity index (χ3v) is 7.50. The van der Waals surface area contributed by atoms with Crippen LogP contribution in [0.5, 0.6) is 0 Å². The normalized spacial score (nSPS) is 13.3. The lowest BCUT2D eigenvalue weighted by Crippen LogP contribution is -2.26. The number of aromatic nitrogens is 3. The average Bonchev–Trinajstić information content (AvgIpc) is 3.54. The Morgan fingerprint density at radius 3 is 2.39 bits per heavy atom. The first-order valence-corrected chi connectivity index (χ1v) is 13.2. The molecule has 196 valence electrons. The average molecular weight is 524 g/mol. The van der Waals surface area contributed by atoms with Crippen LogP contribution in [0.25, 0.3) is 34.6 Å². The first-order chi connectivity index (χ1) is 18.1. The van der Waals surface area contributed by atoms with Crippen LogP contribution in [-0.2, 0) is 0 Å². The van der Waals surface area contributed by atoms with E-state index in [1.807, 2.05) is 76.5 Å². The second kappa shape index (κ2) is 12.4. The van der Waals surface area contributed by atoms with Crippen LogP contribution >= 0.6 is 11.3 Å². The molecule has 0 aliphatic rings. The van der Waals surface area contributed by atoms with Gasteiger partial charge in [-0.1, -0.05) is 44.5 Å². The predicted molar refractivity (Wildman–Crippen MR) is 168 cm³/mol. The maximum atomic E-state index is 4.58. The number of aromatic amines is 1. The summed E-state index contributed by atoms with van der Waals surface area (Å²) in [6.07, 6.45) is 11.5. The quantitative estimate of drug-likeness (QED) is 0.303. The molecule has 3 heterocycles. The molecule has 0 saturated heterocycles. The highest BCUT2D eigenvalue weighted by atomic mass is 32.1. The summed E-state index contributed by atoms with van der Waals surface area (Å²) in [5, 5.41) is 13.0. The van der Waals surface area contributed by atoms with Crippen molar-refractivity contribution >= 4 is 51.6 Å². The summed E-state index contributed by atoms with van der Waals surface area (Å²) in [5.41, 5.74) is 8.46. The minimum Gasteiger partial charge on any atom is -0.376 e. The number of rotatable bonds is 10. The van der Waals surface area contributed by atoms with Crippen molar-refractivity contribution in [2.45, 2.75) is 27.7 Å². The van der Waals surface area contributed by atoms with E-state index in [4.69, 9.17) is 0 Å².